The monoisotopic (exact) mass is 571 g/mol. The second-order valence-electron chi connectivity index (χ2n) is 12.0. The number of nitrogens with one attached hydrogen (secondary N) is 3. The van der Waals surface area contributed by atoms with Gasteiger partial charge in [0.2, 0.25) is 0 Å². The van der Waals surface area contributed by atoms with Gasteiger partial charge in [-0.15, -0.1) is 0 Å². The van der Waals surface area contributed by atoms with Crippen molar-refractivity contribution >= 4 is 44.6 Å². The maximum Gasteiger partial charge on any atom is 0.0464 e. The number of benzene rings is 6. The van der Waals surface area contributed by atoms with Gasteiger partial charge in [-0.3, -0.25) is 0 Å². The minimum absolute atomic E-state index is 0.0818. The van der Waals surface area contributed by atoms with Crippen LogP contribution in [0.25, 0.3) is 21.8 Å². The Balaban J connectivity index is 0.000000107. The summed E-state index contributed by atoms with van der Waals surface area (Å²) in [5.41, 5.74) is 13.0. The Morgan fingerprint density at radius 1 is 0.409 bits per heavy atom. The molecule has 3 nitrogen and oxygen atoms in total. The Morgan fingerprint density at radius 3 is 1.27 bits per heavy atom. The molecule has 7 aromatic rings. The van der Waals surface area contributed by atoms with Crippen LogP contribution in [0.15, 0.2) is 146 Å². The molecule has 6 aromatic carbocycles. The summed E-state index contributed by atoms with van der Waals surface area (Å²) in [7, 11) is 0. The van der Waals surface area contributed by atoms with Crippen LogP contribution in [-0.2, 0) is 18.3 Å². The fraction of sp³-hybridized carbons (Fsp3) is 0.122. The normalized spacial score (nSPS) is 13.6. The van der Waals surface area contributed by atoms with E-state index in [1.165, 1.54) is 66.8 Å². The van der Waals surface area contributed by atoms with Crippen LogP contribution >= 0.6 is 0 Å². The first-order valence-corrected chi connectivity index (χ1v) is 15.4. The molecule has 0 saturated carbocycles. The molecule has 0 radical (unpaired) electrons. The fourth-order valence-corrected chi connectivity index (χ4v) is 6.50. The number of H-pyrrole nitrogens is 1. The van der Waals surface area contributed by atoms with E-state index in [0.29, 0.717) is 0 Å². The molecule has 1 aromatic heterocycles. The van der Waals surface area contributed by atoms with Gasteiger partial charge in [-0.25, -0.2) is 0 Å². The van der Waals surface area contributed by atoms with Crippen molar-refractivity contribution in [3.8, 4) is 0 Å². The predicted octanol–water partition coefficient (Wildman–Crippen LogP) is 10.9. The van der Waals surface area contributed by atoms with Crippen LogP contribution in [0, 0.1) is 0 Å². The molecular weight excluding hydrogens is 534 g/mol. The van der Waals surface area contributed by atoms with Crippen molar-refractivity contribution in [3.63, 3.8) is 0 Å². The quantitative estimate of drug-likeness (QED) is 0.169. The molecule has 3 heteroatoms. The molecule has 0 fully saturated rings. The van der Waals surface area contributed by atoms with Crippen LogP contribution in [0.1, 0.15) is 36.1 Å². The first kappa shape index (κ1) is 27.5. The van der Waals surface area contributed by atoms with Crippen LogP contribution in [0.3, 0.4) is 0 Å². The summed E-state index contributed by atoms with van der Waals surface area (Å²) in [5.74, 6) is 0. The van der Waals surface area contributed by atoms with Gasteiger partial charge in [0.1, 0.15) is 0 Å². The van der Waals surface area contributed by atoms with Gasteiger partial charge >= 0.3 is 0 Å². The minimum Gasteiger partial charge on any atom is -0.355 e. The minimum atomic E-state index is 0.0818. The Labute approximate surface area is 259 Å². The average molecular weight is 572 g/mol. The highest BCUT2D eigenvalue weighted by atomic mass is 14.9. The molecule has 0 unspecified atom stereocenters. The van der Waals surface area contributed by atoms with Gasteiger partial charge in [-0.2, -0.15) is 0 Å². The van der Waals surface area contributed by atoms with E-state index in [-0.39, 0.29) is 5.41 Å². The number of para-hydroxylation sites is 6. The summed E-state index contributed by atoms with van der Waals surface area (Å²) < 4.78 is 0. The van der Waals surface area contributed by atoms with Crippen molar-refractivity contribution in [2.24, 2.45) is 0 Å². The van der Waals surface area contributed by atoms with Crippen LogP contribution in [-0.4, -0.2) is 4.98 Å². The number of fused-ring (bicyclic) bond motifs is 7. The Hall–Kier alpha value is -5.28. The Bertz CT molecular complexity index is 1920. The van der Waals surface area contributed by atoms with Crippen molar-refractivity contribution in [3.05, 3.63) is 168 Å². The summed E-state index contributed by atoms with van der Waals surface area (Å²) in [4.78, 5) is 3.38. The summed E-state index contributed by atoms with van der Waals surface area (Å²) >= 11 is 0. The zero-order valence-electron chi connectivity index (χ0n) is 25.3. The number of aromatic amines is 1. The largest absolute Gasteiger partial charge is 0.355 e. The summed E-state index contributed by atoms with van der Waals surface area (Å²) in [6, 6.07) is 50.9. The topological polar surface area (TPSA) is 39.8 Å². The van der Waals surface area contributed by atoms with E-state index < -0.39 is 0 Å². The molecule has 0 bridgehead atoms. The number of aromatic nitrogens is 1. The molecule has 2 aliphatic heterocycles. The lowest BCUT2D eigenvalue weighted by Gasteiger charge is -2.35. The first-order chi connectivity index (χ1) is 21.6. The zero-order chi connectivity index (χ0) is 29.9. The number of hydrogen-bond acceptors (Lipinski definition) is 2. The molecule has 44 heavy (non-hydrogen) atoms. The van der Waals surface area contributed by atoms with E-state index in [2.05, 4.69) is 175 Å². The SMILES string of the molecule is CC1(C)c2ccccc2Nc2ccccc21.c1ccc2c(c1)CCc1ccccc1N2.c1ccc2c(c1)[nH]c1ccccc12. The second-order valence-corrected chi connectivity index (χ2v) is 12.0. The molecule has 0 atom stereocenters. The first-order valence-electron chi connectivity index (χ1n) is 15.4. The number of aryl methyl sites for hydroxylation is 2. The van der Waals surface area contributed by atoms with E-state index >= 15 is 0 Å². The third-order valence-corrected chi connectivity index (χ3v) is 8.85. The summed E-state index contributed by atoms with van der Waals surface area (Å²) in [5, 5.41) is 9.61. The van der Waals surface area contributed by atoms with Crippen molar-refractivity contribution in [1.82, 2.24) is 4.98 Å². The highest BCUT2D eigenvalue weighted by molar-refractivity contribution is 6.07. The highest BCUT2D eigenvalue weighted by Gasteiger charge is 2.31. The van der Waals surface area contributed by atoms with E-state index in [0.717, 1.165) is 12.8 Å². The van der Waals surface area contributed by atoms with Gasteiger partial charge in [0.25, 0.3) is 0 Å². The fourth-order valence-electron chi connectivity index (χ4n) is 6.50. The molecule has 2 aliphatic rings. The van der Waals surface area contributed by atoms with Gasteiger partial charge in [0.05, 0.1) is 0 Å². The highest BCUT2D eigenvalue weighted by Crippen LogP contribution is 2.44. The summed E-state index contributed by atoms with van der Waals surface area (Å²) in [6.07, 6.45) is 2.25. The zero-order valence-corrected chi connectivity index (χ0v) is 25.3. The predicted molar refractivity (Wildman–Crippen MR) is 188 cm³/mol. The van der Waals surface area contributed by atoms with Crippen molar-refractivity contribution in [2.75, 3.05) is 10.6 Å². The van der Waals surface area contributed by atoms with Gasteiger partial charge in [-0.05, 0) is 71.5 Å². The van der Waals surface area contributed by atoms with Crippen LogP contribution in [0.4, 0.5) is 22.7 Å². The van der Waals surface area contributed by atoms with Gasteiger partial charge in [0.15, 0.2) is 0 Å². The van der Waals surface area contributed by atoms with Crippen molar-refractivity contribution in [1.29, 1.82) is 0 Å². The lowest BCUT2D eigenvalue weighted by molar-refractivity contribution is 0.638. The molecule has 3 N–H and O–H groups in total. The molecule has 216 valence electrons. The van der Waals surface area contributed by atoms with Gasteiger partial charge in [0, 0.05) is 50.0 Å². The average Bonchev–Trinajstić information content (AvgIpc) is 3.33. The lowest BCUT2D eigenvalue weighted by atomic mass is 9.74. The molecule has 0 aliphatic carbocycles. The molecular formula is C41H37N3. The molecule has 3 heterocycles. The number of rotatable bonds is 0. The second kappa shape index (κ2) is 11.8. The van der Waals surface area contributed by atoms with Crippen LogP contribution in [0.5, 0.6) is 0 Å². The lowest BCUT2D eigenvalue weighted by Crippen LogP contribution is -2.25. The molecule has 9 rings (SSSR count). The van der Waals surface area contributed by atoms with E-state index in [4.69, 9.17) is 0 Å². The number of hydrogen-bond donors (Lipinski definition) is 3. The summed E-state index contributed by atoms with van der Waals surface area (Å²) in [6.45, 7) is 4.57. The maximum absolute atomic E-state index is 3.50. The van der Waals surface area contributed by atoms with E-state index in [9.17, 15) is 0 Å². The van der Waals surface area contributed by atoms with Gasteiger partial charge < -0.3 is 15.6 Å². The molecule has 0 amide bonds. The molecule has 0 saturated heterocycles. The van der Waals surface area contributed by atoms with Gasteiger partial charge in [-0.1, -0.05) is 123 Å². The Kier molecular flexibility index (Phi) is 7.37. The standard InChI is InChI=1S/C15H15N.C14H13N.C12H9N/c1-15(2)11-7-3-5-9-13(11)16-14-10-6-4-8-12(14)15;1-3-7-13-11(5-1)9-10-12-6-2-4-8-14(12)15-13;1-3-7-11-9(5-1)10-6-2-4-8-12(10)13-11/h3-10,16H,1-2H3;1-8,15H,9-10H2;1-8,13H. The van der Waals surface area contributed by atoms with Crippen LogP contribution < -0.4 is 10.6 Å². The number of anilines is 4. The smallest absolute Gasteiger partial charge is 0.0464 e. The van der Waals surface area contributed by atoms with Crippen LogP contribution in [0.2, 0.25) is 0 Å². The molecule has 0 spiro atoms. The third-order valence-electron chi connectivity index (χ3n) is 8.85. The van der Waals surface area contributed by atoms with Crippen molar-refractivity contribution < 1.29 is 0 Å². The maximum atomic E-state index is 3.50. The van der Waals surface area contributed by atoms with E-state index in [1.807, 2.05) is 0 Å². The van der Waals surface area contributed by atoms with Crippen molar-refractivity contribution in [2.45, 2.75) is 32.1 Å². The third kappa shape index (κ3) is 5.33. The van der Waals surface area contributed by atoms with E-state index in [1.54, 1.807) is 0 Å². The Morgan fingerprint density at radius 2 is 0.773 bits per heavy atom.